The highest BCUT2D eigenvalue weighted by Gasteiger charge is 2.14. The van der Waals surface area contributed by atoms with Crippen LogP contribution >= 0.6 is 0 Å². The van der Waals surface area contributed by atoms with E-state index in [0.29, 0.717) is 12.1 Å². The fourth-order valence-corrected chi connectivity index (χ4v) is 2.73. The van der Waals surface area contributed by atoms with Crippen LogP contribution in [-0.4, -0.2) is 34.5 Å². The van der Waals surface area contributed by atoms with Gasteiger partial charge in [-0.25, -0.2) is 4.98 Å². The van der Waals surface area contributed by atoms with Gasteiger partial charge in [0.2, 0.25) is 0 Å². The molecule has 128 valence electrons. The Morgan fingerprint density at radius 2 is 1.92 bits per heavy atom. The molecule has 3 rings (SSSR count). The molecule has 0 aliphatic carbocycles. The van der Waals surface area contributed by atoms with Crippen molar-refractivity contribution in [2.24, 2.45) is 0 Å². The van der Waals surface area contributed by atoms with E-state index >= 15 is 0 Å². The predicted octanol–water partition coefficient (Wildman–Crippen LogP) is 3.21. The second kappa shape index (κ2) is 7.66. The first-order valence-corrected chi connectivity index (χ1v) is 8.09. The van der Waals surface area contributed by atoms with Crippen LogP contribution < -0.4 is 4.74 Å². The summed E-state index contributed by atoms with van der Waals surface area (Å²) in [5.41, 5.74) is 2.78. The van der Waals surface area contributed by atoms with Gasteiger partial charge in [-0.2, -0.15) is 0 Å². The molecule has 0 saturated carbocycles. The van der Waals surface area contributed by atoms with Gasteiger partial charge in [-0.1, -0.05) is 30.3 Å². The summed E-state index contributed by atoms with van der Waals surface area (Å²) >= 11 is 0. The lowest BCUT2D eigenvalue weighted by atomic mass is 10.1. The molecule has 5 nitrogen and oxygen atoms in total. The molecular weight excluding hydrogens is 314 g/mol. The van der Waals surface area contributed by atoms with Crippen LogP contribution in [-0.2, 0) is 13.1 Å². The van der Waals surface area contributed by atoms with Gasteiger partial charge in [-0.15, -0.1) is 0 Å². The van der Waals surface area contributed by atoms with Crippen molar-refractivity contribution in [3.05, 3.63) is 83.9 Å². The average Bonchev–Trinajstić information content (AvgIpc) is 3.15. The van der Waals surface area contributed by atoms with Gasteiger partial charge in [-0.3, -0.25) is 4.79 Å². The van der Waals surface area contributed by atoms with Gasteiger partial charge in [0.25, 0.3) is 5.91 Å². The van der Waals surface area contributed by atoms with Crippen LogP contribution in [0.3, 0.4) is 0 Å². The van der Waals surface area contributed by atoms with Crippen molar-refractivity contribution in [2.75, 3.05) is 14.2 Å². The molecule has 25 heavy (non-hydrogen) atoms. The molecule has 2 aromatic carbocycles. The number of para-hydroxylation sites is 1. The number of carbonyl (C=O) groups excluding carboxylic acids is 1. The summed E-state index contributed by atoms with van der Waals surface area (Å²) in [7, 11) is 3.44. The molecule has 0 fully saturated rings. The molecule has 0 N–H and O–H groups in total. The van der Waals surface area contributed by atoms with E-state index in [1.807, 2.05) is 59.3 Å². The Labute approximate surface area is 147 Å². The van der Waals surface area contributed by atoms with Crippen molar-refractivity contribution < 1.29 is 9.53 Å². The van der Waals surface area contributed by atoms with E-state index in [-0.39, 0.29) is 5.91 Å². The Bertz CT molecular complexity index is 826. The molecule has 0 spiro atoms. The quantitative estimate of drug-likeness (QED) is 0.695. The highest BCUT2D eigenvalue weighted by atomic mass is 16.5. The molecule has 3 aromatic rings. The van der Waals surface area contributed by atoms with Gasteiger partial charge >= 0.3 is 0 Å². The molecule has 0 aliphatic heterocycles. The fourth-order valence-electron chi connectivity index (χ4n) is 2.73. The maximum absolute atomic E-state index is 12.6. The summed E-state index contributed by atoms with van der Waals surface area (Å²) in [5, 5.41) is 0. The number of carbonyl (C=O) groups is 1. The lowest BCUT2D eigenvalue weighted by molar-refractivity contribution is 0.0784. The van der Waals surface area contributed by atoms with E-state index in [1.165, 1.54) is 0 Å². The molecule has 0 unspecified atom stereocenters. The standard InChI is InChI=1S/C20H21N3O2/c1-22(14-18-5-3-4-6-19(18)25-2)20(24)17-9-7-16(8-10-17)13-23-12-11-21-15-23/h3-12,15H,13-14H2,1-2H3. The van der Waals surface area contributed by atoms with E-state index in [2.05, 4.69) is 4.98 Å². The van der Waals surface area contributed by atoms with Crippen molar-refractivity contribution in [3.63, 3.8) is 0 Å². The smallest absolute Gasteiger partial charge is 0.253 e. The normalized spacial score (nSPS) is 10.5. The van der Waals surface area contributed by atoms with E-state index in [9.17, 15) is 4.79 Å². The predicted molar refractivity (Wildman–Crippen MR) is 96.6 cm³/mol. The Morgan fingerprint density at radius 3 is 2.60 bits per heavy atom. The minimum atomic E-state index is -0.0138. The van der Waals surface area contributed by atoms with E-state index in [0.717, 1.165) is 23.4 Å². The Balaban J connectivity index is 1.67. The third kappa shape index (κ3) is 4.07. The molecule has 1 amide bonds. The lowest BCUT2D eigenvalue weighted by Crippen LogP contribution is -2.26. The van der Waals surface area contributed by atoms with E-state index in [1.54, 1.807) is 31.6 Å². The van der Waals surface area contributed by atoms with Crippen molar-refractivity contribution in [1.82, 2.24) is 14.5 Å². The zero-order valence-corrected chi connectivity index (χ0v) is 14.4. The summed E-state index contributed by atoms with van der Waals surface area (Å²) in [6.45, 7) is 1.24. The Morgan fingerprint density at radius 1 is 1.16 bits per heavy atom. The number of methoxy groups -OCH3 is 1. The van der Waals surface area contributed by atoms with Gasteiger partial charge in [0.1, 0.15) is 5.75 Å². The number of benzene rings is 2. The number of imidazole rings is 1. The van der Waals surface area contributed by atoms with Crippen LogP contribution in [0, 0.1) is 0 Å². The summed E-state index contributed by atoms with van der Waals surface area (Å²) in [6.07, 6.45) is 5.45. The Hall–Kier alpha value is -3.08. The average molecular weight is 335 g/mol. The van der Waals surface area contributed by atoms with Crippen molar-refractivity contribution in [1.29, 1.82) is 0 Å². The number of nitrogens with zero attached hydrogens (tertiary/aromatic N) is 3. The van der Waals surface area contributed by atoms with Crippen molar-refractivity contribution in [3.8, 4) is 5.75 Å². The fraction of sp³-hybridized carbons (Fsp3) is 0.200. The highest BCUT2D eigenvalue weighted by Crippen LogP contribution is 2.19. The van der Waals surface area contributed by atoms with Gasteiger partial charge in [0, 0.05) is 43.7 Å². The summed E-state index contributed by atoms with van der Waals surface area (Å²) in [4.78, 5) is 18.4. The number of aromatic nitrogens is 2. The molecule has 1 heterocycles. The van der Waals surface area contributed by atoms with Crippen LogP contribution in [0.1, 0.15) is 21.5 Å². The number of hydrogen-bond acceptors (Lipinski definition) is 3. The maximum Gasteiger partial charge on any atom is 0.253 e. The lowest BCUT2D eigenvalue weighted by Gasteiger charge is -2.19. The van der Waals surface area contributed by atoms with Gasteiger partial charge < -0.3 is 14.2 Å². The minimum absolute atomic E-state index is 0.0138. The molecule has 0 bridgehead atoms. The van der Waals surface area contributed by atoms with E-state index in [4.69, 9.17) is 4.74 Å². The zero-order chi connectivity index (χ0) is 17.6. The first-order valence-electron chi connectivity index (χ1n) is 8.09. The molecule has 0 aliphatic rings. The third-order valence-electron chi connectivity index (χ3n) is 4.07. The van der Waals surface area contributed by atoms with Crippen LogP contribution in [0.4, 0.5) is 0 Å². The van der Waals surface area contributed by atoms with Crippen LogP contribution in [0.25, 0.3) is 0 Å². The Kier molecular flexibility index (Phi) is 5.14. The van der Waals surface area contributed by atoms with Crippen LogP contribution in [0.15, 0.2) is 67.3 Å². The molecule has 0 radical (unpaired) electrons. The SMILES string of the molecule is COc1ccccc1CN(C)C(=O)c1ccc(Cn2ccnc2)cc1. The minimum Gasteiger partial charge on any atom is -0.496 e. The topological polar surface area (TPSA) is 47.4 Å². The summed E-state index contributed by atoms with van der Waals surface area (Å²) in [5.74, 6) is 0.776. The number of hydrogen-bond donors (Lipinski definition) is 0. The highest BCUT2D eigenvalue weighted by molar-refractivity contribution is 5.94. The van der Waals surface area contributed by atoms with E-state index < -0.39 is 0 Å². The van der Waals surface area contributed by atoms with Crippen molar-refractivity contribution >= 4 is 5.91 Å². The third-order valence-corrected chi connectivity index (χ3v) is 4.07. The van der Waals surface area contributed by atoms with Crippen LogP contribution in [0.5, 0.6) is 5.75 Å². The van der Waals surface area contributed by atoms with Crippen LogP contribution in [0.2, 0.25) is 0 Å². The molecule has 1 aromatic heterocycles. The van der Waals surface area contributed by atoms with Gasteiger partial charge in [0.15, 0.2) is 0 Å². The number of rotatable bonds is 6. The molecule has 0 saturated heterocycles. The first-order chi connectivity index (χ1) is 12.2. The summed E-state index contributed by atoms with van der Waals surface area (Å²) in [6, 6.07) is 15.4. The maximum atomic E-state index is 12.6. The second-order valence-corrected chi connectivity index (χ2v) is 5.91. The molecular formula is C20H21N3O2. The van der Waals surface area contributed by atoms with Gasteiger partial charge in [0.05, 0.1) is 13.4 Å². The monoisotopic (exact) mass is 335 g/mol. The zero-order valence-electron chi connectivity index (χ0n) is 14.4. The first kappa shape index (κ1) is 16.8. The largest absolute Gasteiger partial charge is 0.496 e. The second-order valence-electron chi connectivity index (χ2n) is 5.91. The summed E-state index contributed by atoms with van der Waals surface area (Å²) < 4.78 is 7.34. The molecule has 5 heteroatoms. The van der Waals surface area contributed by atoms with Gasteiger partial charge in [-0.05, 0) is 23.8 Å². The molecule has 0 atom stereocenters. The van der Waals surface area contributed by atoms with Crippen molar-refractivity contribution in [2.45, 2.75) is 13.1 Å². The number of amides is 1. The number of ether oxygens (including phenoxy) is 1.